The molecular weight excluding hydrogens is 176 g/mol. The van der Waals surface area contributed by atoms with Crippen molar-refractivity contribution in [2.75, 3.05) is 6.54 Å². The summed E-state index contributed by atoms with van der Waals surface area (Å²) in [4.78, 5) is 11.5. The molecule has 1 amide bonds. The molecule has 82 valence electrons. The fraction of sp³-hybridized carbons (Fsp3) is 0.909. The van der Waals surface area contributed by atoms with Crippen molar-refractivity contribution in [1.29, 1.82) is 0 Å². The van der Waals surface area contributed by atoms with Crippen molar-refractivity contribution in [3.8, 4) is 0 Å². The molecule has 0 aliphatic carbocycles. The van der Waals surface area contributed by atoms with Crippen molar-refractivity contribution >= 4 is 5.91 Å². The van der Waals surface area contributed by atoms with Crippen LogP contribution in [0.5, 0.6) is 0 Å². The number of piperidine rings is 1. The van der Waals surface area contributed by atoms with E-state index in [2.05, 4.69) is 17.6 Å². The molecule has 3 nitrogen and oxygen atoms in total. The fourth-order valence-electron chi connectivity index (χ4n) is 1.80. The van der Waals surface area contributed by atoms with Crippen LogP contribution in [0.15, 0.2) is 0 Å². The second-order valence-corrected chi connectivity index (χ2v) is 4.51. The van der Waals surface area contributed by atoms with Gasteiger partial charge in [-0.2, -0.15) is 0 Å². The van der Waals surface area contributed by atoms with Gasteiger partial charge in [0.25, 0.3) is 0 Å². The van der Waals surface area contributed by atoms with E-state index in [0.29, 0.717) is 6.04 Å². The third-order valence-corrected chi connectivity index (χ3v) is 2.85. The van der Waals surface area contributed by atoms with Crippen LogP contribution < -0.4 is 10.6 Å². The Kier molecular flexibility index (Phi) is 4.39. The SMILES string of the molecule is CC(C)C(=O)NC(C)C1CCCCN1. The van der Waals surface area contributed by atoms with Crippen LogP contribution in [0.3, 0.4) is 0 Å². The average Bonchev–Trinajstić information content (AvgIpc) is 2.19. The Morgan fingerprint density at radius 1 is 1.36 bits per heavy atom. The van der Waals surface area contributed by atoms with Gasteiger partial charge in [0, 0.05) is 18.0 Å². The first-order valence-corrected chi connectivity index (χ1v) is 5.65. The molecular formula is C11H22N2O. The van der Waals surface area contributed by atoms with Gasteiger partial charge >= 0.3 is 0 Å². The van der Waals surface area contributed by atoms with Crippen LogP contribution in [-0.2, 0) is 4.79 Å². The van der Waals surface area contributed by atoms with Gasteiger partial charge in [0.15, 0.2) is 0 Å². The van der Waals surface area contributed by atoms with Crippen LogP contribution in [0.2, 0.25) is 0 Å². The molecule has 1 fully saturated rings. The zero-order valence-electron chi connectivity index (χ0n) is 9.47. The highest BCUT2D eigenvalue weighted by molar-refractivity contribution is 5.78. The van der Waals surface area contributed by atoms with Gasteiger partial charge in [0.05, 0.1) is 0 Å². The molecule has 0 saturated carbocycles. The Hall–Kier alpha value is -0.570. The van der Waals surface area contributed by atoms with Crippen LogP contribution in [0.4, 0.5) is 0 Å². The molecule has 0 radical (unpaired) electrons. The highest BCUT2D eigenvalue weighted by Gasteiger charge is 2.21. The van der Waals surface area contributed by atoms with Crippen molar-refractivity contribution in [2.45, 2.75) is 52.1 Å². The molecule has 1 saturated heterocycles. The van der Waals surface area contributed by atoms with E-state index in [4.69, 9.17) is 0 Å². The Morgan fingerprint density at radius 3 is 2.57 bits per heavy atom. The molecule has 1 aliphatic rings. The standard InChI is InChI=1S/C11H22N2O/c1-8(2)11(14)13-9(3)10-6-4-5-7-12-10/h8-10,12H,4-7H2,1-3H3,(H,13,14). The Morgan fingerprint density at radius 2 is 2.07 bits per heavy atom. The van der Waals surface area contributed by atoms with E-state index in [1.807, 2.05) is 13.8 Å². The molecule has 14 heavy (non-hydrogen) atoms. The summed E-state index contributed by atoms with van der Waals surface area (Å²) in [7, 11) is 0. The summed E-state index contributed by atoms with van der Waals surface area (Å²) in [5.41, 5.74) is 0. The van der Waals surface area contributed by atoms with Crippen LogP contribution in [0.1, 0.15) is 40.0 Å². The topological polar surface area (TPSA) is 41.1 Å². The lowest BCUT2D eigenvalue weighted by Gasteiger charge is -2.30. The highest BCUT2D eigenvalue weighted by atomic mass is 16.1. The van der Waals surface area contributed by atoms with Gasteiger partial charge in [-0.1, -0.05) is 20.3 Å². The maximum absolute atomic E-state index is 11.5. The van der Waals surface area contributed by atoms with Crippen molar-refractivity contribution in [1.82, 2.24) is 10.6 Å². The number of carbonyl (C=O) groups is 1. The third-order valence-electron chi connectivity index (χ3n) is 2.85. The zero-order valence-corrected chi connectivity index (χ0v) is 9.47. The molecule has 0 aromatic carbocycles. The van der Waals surface area contributed by atoms with Gasteiger partial charge in [0.2, 0.25) is 5.91 Å². The van der Waals surface area contributed by atoms with E-state index in [1.54, 1.807) is 0 Å². The summed E-state index contributed by atoms with van der Waals surface area (Å²) in [5.74, 6) is 0.242. The summed E-state index contributed by atoms with van der Waals surface area (Å²) < 4.78 is 0. The predicted octanol–water partition coefficient (Wildman–Crippen LogP) is 1.29. The van der Waals surface area contributed by atoms with Crippen molar-refractivity contribution in [2.24, 2.45) is 5.92 Å². The van der Waals surface area contributed by atoms with Crippen LogP contribution >= 0.6 is 0 Å². The van der Waals surface area contributed by atoms with E-state index in [1.165, 1.54) is 19.3 Å². The fourth-order valence-corrected chi connectivity index (χ4v) is 1.80. The van der Waals surface area contributed by atoms with Crippen LogP contribution in [0.25, 0.3) is 0 Å². The molecule has 1 aliphatic heterocycles. The van der Waals surface area contributed by atoms with E-state index in [9.17, 15) is 4.79 Å². The maximum atomic E-state index is 11.5. The summed E-state index contributed by atoms with van der Waals surface area (Å²) in [6.07, 6.45) is 3.72. The summed E-state index contributed by atoms with van der Waals surface area (Å²) in [6.45, 7) is 7.03. The van der Waals surface area contributed by atoms with Crippen LogP contribution in [0, 0.1) is 5.92 Å². The molecule has 2 atom stereocenters. The number of hydrogen-bond donors (Lipinski definition) is 2. The van der Waals surface area contributed by atoms with Gasteiger partial charge in [-0.25, -0.2) is 0 Å². The van der Waals surface area contributed by atoms with E-state index in [-0.39, 0.29) is 17.9 Å². The number of amides is 1. The molecule has 0 aromatic heterocycles. The monoisotopic (exact) mass is 198 g/mol. The minimum Gasteiger partial charge on any atom is -0.352 e. The first-order chi connectivity index (χ1) is 6.61. The van der Waals surface area contributed by atoms with Crippen molar-refractivity contribution in [3.63, 3.8) is 0 Å². The van der Waals surface area contributed by atoms with Gasteiger partial charge in [-0.3, -0.25) is 4.79 Å². The van der Waals surface area contributed by atoms with Gasteiger partial charge in [-0.05, 0) is 26.3 Å². The number of carbonyl (C=O) groups excluding carboxylic acids is 1. The molecule has 2 unspecified atom stereocenters. The van der Waals surface area contributed by atoms with E-state index < -0.39 is 0 Å². The Balaban J connectivity index is 2.32. The van der Waals surface area contributed by atoms with Gasteiger partial charge in [0.1, 0.15) is 0 Å². The molecule has 1 heterocycles. The summed E-state index contributed by atoms with van der Waals surface area (Å²) >= 11 is 0. The first kappa shape index (κ1) is 11.5. The molecule has 3 heteroatoms. The lowest BCUT2D eigenvalue weighted by molar-refractivity contribution is -0.124. The molecule has 0 spiro atoms. The minimum atomic E-state index is 0.0843. The summed E-state index contributed by atoms with van der Waals surface area (Å²) in [6, 6.07) is 0.719. The second kappa shape index (κ2) is 5.35. The van der Waals surface area contributed by atoms with Crippen molar-refractivity contribution < 1.29 is 4.79 Å². The quantitative estimate of drug-likeness (QED) is 0.717. The Bertz CT molecular complexity index is 186. The van der Waals surface area contributed by atoms with E-state index >= 15 is 0 Å². The zero-order chi connectivity index (χ0) is 10.6. The molecule has 0 aromatic rings. The second-order valence-electron chi connectivity index (χ2n) is 4.51. The Labute approximate surface area is 86.6 Å². The number of rotatable bonds is 3. The molecule has 2 N–H and O–H groups in total. The smallest absolute Gasteiger partial charge is 0.222 e. The largest absolute Gasteiger partial charge is 0.352 e. The lowest BCUT2D eigenvalue weighted by Crippen LogP contribution is -2.50. The maximum Gasteiger partial charge on any atom is 0.222 e. The normalized spacial score (nSPS) is 24.7. The van der Waals surface area contributed by atoms with Gasteiger partial charge < -0.3 is 10.6 Å². The van der Waals surface area contributed by atoms with Gasteiger partial charge in [-0.15, -0.1) is 0 Å². The number of nitrogens with one attached hydrogen (secondary N) is 2. The third kappa shape index (κ3) is 3.29. The van der Waals surface area contributed by atoms with Crippen LogP contribution in [-0.4, -0.2) is 24.5 Å². The molecule has 1 rings (SSSR count). The number of hydrogen-bond acceptors (Lipinski definition) is 2. The molecule has 0 bridgehead atoms. The summed E-state index contributed by atoms with van der Waals surface area (Å²) in [5, 5.41) is 6.50. The van der Waals surface area contributed by atoms with E-state index in [0.717, 1.165) is 6.54 Å². The minimum absolute atomic E-state index is 0.0843. The first-order valence-electron chi connectivity index (χ1n) is 5.65. The highest BCUT2D eigenvalue weighted by Crippen LogP contribution is 2.10. The van der Waals surface area contributed by atoms with Crippen molar-refractivity contribution in [3.05, 3.63) is 0 Å². The average molecular weight is 198 g/mol. The lowest BCUT2D eigenvalue weighted by atomic mass is 9.98. The predicted molar refractivity (Wildman–Crippen MR) is 58.1 cm³/mol.